The van der Waals surface area contributed by atoms with Gasteiger partial charge in [0, 0.05) is 49.9 Å². The summed E-state index contributed by atoms with van der Waals surface area (Å²) < 4.78 is 16.9. The number of hydrogen-bond donors (Lipinski definition) is 2. The number of ketones is 1. The molecule has 324 valence electrons. The van der Waals surface area contributed by atoms with Crippen LogP contribution in [0.2, 0.25) is 0 Å². The van der Waals surface area contributed by atoms with E-state index >= 15 is 4.79 Å². The number of aliphatic carboxylic acids is 1. The number of likely N-dealkylation sites (tertiary alicyclic amines) is 1. The Kier molecular flexibility index (Phi) is 19.0. The highest BCUT2D eigenvalue weighted by Crippen LogP contribution is 2.34. The summed E-state index contributed by atoms with van der Waals surface area (Å²) in [6, 6.07) is 16.4. The molecular formula is C46H66N4O8S. The van der Waals surface area contributed by atoms with Crippen molar-refractivity contribution in [2.24, 2.45) is 23.7 Å². The topological polar surface area (TPSA) is 148 Å². The van der Waals surface area contributed by atoms with Gasteiger partial charge in [-0.15, -0.1) is 11.3 Å². The van der Waals surface area contributed by atoms with Crippen LogP contribution in [0.15, 0.2) is 60.0 Å². The Bertz CT molecular complexity index is 1770. The monoisotopic (exact) mass is 834 g/mol. The lowest BCUT2D eigenvalue weighted by Crippen LogP contribution is -2.49. The molecule has 0 aliphatic carbocycles. The number of rotatable bonds is 24. The maximum Gasteiger partial charge on any atom is 0.306 e. The Labute approximate surface area is 355 Å². The van der Waals surface area contributed by atoms with Crippen molar-refractivity contribution in [3.63, 3.8) is 0 Å². The smallest absolute Gasteiger partial charge is 0.306 e. The molecule has 0 saturated carbocycles. The second-order valence-corrected chi connectivity index (χ2v) is 17.4. The number of carbonyl (C=O) groups excluding carboxylic acids is 3. The van der Waals surface area contributed by atoms with E-state index in [-0.39, 0.29) is 60.9 Å². The quantitative estimate of drug-likeness (QED) is 0.0857. The molecule has 2 aromatic carbocycles. The zero-order chi connectivity index (χ0) is 43.1. The number of amides is 2. The summed E-state index contributed by atoms with van der Waals surface area (Å²) >= 11 is 1.29. The predicted molar refractivity (Wildman–Crippen MR) is 230 cm³/mol. The number of likely N-dealkylation sites (N-methyl/N-ethyl adjacent to an activating group) is 1. The molecule has 1 fully saturated rings. The molecule has 3 aromatic rings. The molecule has 7 atom stereocenters. The van der Waals surface area contributed by atoms with Crippen LogP contribution in [0.5, 0.6) is 5.75 Å². The van der Waals surface area contributed by atoms with E-state index in [0.29, 0.717) is 30.1 Å². The normalized spacial score (nSPS) is 17.7. The predicted octanol–water partition coefficient (Wildman–Crippen LogP) is 7.81. The third-order valence-electron chi connectivity index (χ3n) is 11.8. The molecule has 0 bridgehead atoms. The van der Waals surface area contributed by atoms with E-state index in [2.05, 4.69) is 37.9 Å². The number of hydrogen-bond acceptors (Lipinski definition) is 10. The molecule has 1 aromatic heterocycles. The summed E-state index contributed by atoms with van der Waals surface area (Å²) in [5, 5.41) is 15.0. The second kappa shape index (κ2) is 23.6. The van der Waals surface area contributed by atoms with Crippen molar-refractivity contribution in [1.29, 1.82) is 0 Å². The van der Waals surface area contributed by atoms with Gasteiger partial charge in [0.2, 0.25) is 5.91 Å². The van der Waals surface area contributed by atoms with Gasteiger partial charge in [0.25, 0.3) is 5.91 Å². The average Bonchev–Trinajstić information content (AvgIpc) is 3.73. The molecule has 1 aliphatic heterocycles. The Morgan fingerprint density at radius 3 is 2.31 bits per heavy atom. The highest BCUT2D eigenvalue weighted by atomic mass is 32.1. The zero-order valence-corrected chi connectivity index (χ0v) is 37.0. The van der Waals surface area contributed by atoms with Gasteiger partial charge in [-0.2, -0.15) is 0 Å². The molecule has 2 amide bonds. The van der Waals surface area contributed by atoms with Crippen LogP contribution in [0.4, 0.5) is 0 Å². The number of nitrogens with zero attached hydrogens (tertiary/aromatic N) is 3. The lowest BCUT2D eigenvalue weighted by atomic mass is 9.82. The van der Waals surface area contributed by atoms with Crippen molar-refractivity contribution < 1.29 is 38.5 Å². The van der Waals surface area contributed by atoms with Crippen molar-refractivity contribution >= 4 is 34.9 Å². The molecule has 0 radical (unpaired) electrons. The molecule has 1 saturated heterocycles. The fourth-order valence-electron chi connectivity index (χ4n) is 7.94. The first-order valence-corrected chi connectivity index (χ1v) is 21.9. The van der Waals surface area contributed by atoms with Gasteiger partial charge in [-0.25, -0.2) is 4.98 Å². The van der Waals surface area contributed by atoms with Crippen molar-refractivity contribution in [3.8, 4) is 5.75 Å². The highest BCUT2D eigenvalue weighted by molar-refractivity contribution is 7.09. The van der Waals surface area contributed by atoms with E-state index < -0.39 is 35.9 Å². The SMILES string of the molecule is CCC(C)C(CC(=O)C1CCCCN1C)C(=O)N(Cc1ccccc1)C(CC(OCOC)c1nc(C(=O)NC(Cc2ccc(OC)cc2)CC(C)C(=O)O)cs1)C(C)C. The number of thiazole rings is 1. The first-order chi connectivity index (χ1) is 28.3. The van der Waals surface area contributed by atoms with Gasteiger partial charge in [-0.05, 0) is 74.4 Å². The molecule has 12 nitrogen and oxygen atoms in total. The number of benzene rings is 2. The first kappa shape index (κ1) is 47.5. The van der Waals surface area contributed by atoms with Crippen molar-refractivity contribution in [2.75, 3.05) is 34.6 Å². The number of Topliss-reactive ketones (excluding diaryl/α,β-unsaturated/α-hetero) is 1. The minimum Gasteiger partial charge on any atom is -0.497 e. The van der Waals surface area contributed by atoms with E-state index in [1.54, 1.807) is 26.5 Å². The highest BCUT2D eigenvalue weighted by Gasteiger charge is 2.39. The van der Waals surface area contributed by atoms with Gasteiger partial charge in [0.1, 0.15) is 29.3 Å². The van der Waals surface area contributed by atoms with Crippen LogP contribution in [0.3, 0.4) is 0 Å². The van der Waals surface area contributed by atoms with Crippen LogP contribution in [-0.4, -0.2) is 96.2 Å². The lowest BCUT2D eigenvalue weighted by Gasteiger charge is -2.40. The van der Waals surface area contributed by atoms with E-state index in [0.717, 1.165) is 43.4 Å². The minimum atomic E-state index is -0.938. The summed E-state index contributed by atoms with van der Waals surface area (Å²) in [7, 11) is 5.14. The van der Waals surface area contributed by atoms with Gasteiger partial charge >= 0.3 is 5.97 Å². The molecule has 2 heterocycles. The van der Waals surface area contributed by atoms with Crippen molar-refractivity contribution in [1.82, 2.24) is 20.1 Å². The fourth-order valence-corrected chi connectivity index (χ4v) is 8.80. The Hall–Kier alpha value is -4.17. The molecule has 1 aliphatic rings. The van der Waals surface area contributed by atoms with E-state index in [4.69, 9.17) is 19.2 Å². The lowest BCUT2D eigenvalue weighted by molar-refractivity contribution is -0.146. The standard InChI is InChI=1S/C46H66N4O8S/c1-9-31(4)37(25-41(51)39-17-13-14-22-49(39)6)45(53)50(27-34-15-11-10-12-16-34)40(30(2)3)26-42(58-29-56-7)44-48-38(28-59-44)43(52)47-35(23-32(5)46(54)55)24-33-18-20-36(57-8)21-19-33/h10-12,15-16,18-21,28,30-32,35,37,39-40,42H,9,13-14,17,22-27,29H2,1-8H3,(H,47,52)(H,54,55). The fraction of sp³-hybridized carbons (Fsp3) is 0.587. The minimum absolute atomic E-state index is 0.00765. The summed E-state index contributed by atoms with van der Waals surface area (Å²) in [5.74, 6) is -1.76. The molecular weight excluding hydrogens is 769 g/mol. The average molecular weight is 835 g/mol. The van der Waals surface area contributed by atoms with Crippen LogP contribution in [-0.2, 0) is 36.8 Å². The number of ether oxygens (including phenoxy) is 3. The van der Waals surface area contributed by atoms with Gasteiger partial charge < -0.3 is 29.5 Å². The van der Waals surface area contributed by atoms with Crippen molar-refractivity contribution in [2.45, 2.75) is 117 Å². The van der Waals surface area contributed by atoms with Crippen LogP contribution >= 0.6 is 11.3 Å². The largest absolute Gasteiger partial charge is 0.497 e. The number of methoxy groups -OCH3 is 2. The second-order valence-electron chi connectivity index (χ2n) is 16.5. The van der Waals surface area contributed by atoms with Crippen molar-refractivity contribution in [3.05, 3.63) is 81.8 Å². The Morgan fingerprint density at radius 1 is 0.983 bits per heavy atom. The zero-order valence-electron chi connectivity index (χ0n) is 36.2. The number of aromatic nitrogens is 1. The van der Waals surface area contributed by atoms with Crippen LogP contribution in [0, 0.1) is 23.7 Å². The molecule has 4 rings (SSSR count). The summed E-state index contributed by atoms with van der Waals surface area (Å²) in [5.41, 5.74) is 2.10. The van der Waals surface area contributed by atoms with Crippen LogP contribution in [0.1, 0.15) is 112 Å². The summed E-state index contributed by atoms with van der Waals surface area (Å²) in [6.07, 6.45) is 4.25. The third kappa shape index (κ3) is 13.9. The Morgan fingerprint density at radius 2 is 1.69 bits per heavy atom. The van der Waals surface area contributed by atoms with Gasteiger partial charge in [0.05, 0.1) is 19.1 Å². The van der Waals surface area contributed by atoms with Crippen LogP contribution < -0.4 is 10.1 Å². The Balaban J connectivity index is 1.63. The maximum absolute atomic E-state index is 15.1. The van der Waals surface area contributed by atoms with Crippen LogP contribution in [0.25, 0.3) is 0 Å². The number of piperidine rings is 1. The molecule has 13 heteroatoms. The van der Waals surface area contributed by atoms with Gasteiger partial charge in [-0.1, -0.05) is 89.9 Å². The maximum atomic E-state index is 15.1. The molecule has 7 unspecified atom stereocenters. The molecule has 0 spiro atoms. The van der Waals surface area contributed by atoms with E-state index in [1.807, 2.05) is 66.5 Å². The summed E-state index contributed by atoms with van der Waals surface area (Å²) in [6.45, 7) is 11.2. The first-order valence-electron chi connectivity index (χ1n) is 21.1. The molecule has 2 N–H and O–H groups in total. The van der Waals surface area contributed by atoms with Gasteiger partial charge in [0.15, 0.2) is 5.78 Å². The number of carboxylic acid groups (broad SMARTS) is 1. The third-order valence-corrected chi connectivity index (χ3v) is 12.7. The number of nitrogens with one attached hydrogen (secondary N) is 1. The van der Waals surface area contributed by atoms with E-state index in [9.17, 15) is 19.5 Å². The van der Waals surface area contributed by atoms with Gasteiger partial charge in [-0.3, -0.25) is 24.1 Å². The van der Waals surface area contributed by atoms with E-state index in [1.165, 1.54) is 11.3 Å². The number of carbonyl (C=O) groups is 4. The molecule has 59 heavy (non-hydrogen) atoms. The number of carboxylic acids is 1. The summed E-state index contributed by atoms with van der Waals surface area (Å²) in [4.78, 5) is 63.5.